The van der Waals surface area contributed by atoms with Crippen molar-refractivity contribution in [3.05, 3.63) is 29.0 Å². The standard InChI is InChI=1S/C15H18Cl2N2O/c1-20-12-4-3-11(9-12)19-14-5-2-10(17)8-13(14)18-15(19)6-7-16/h2,5,8,11-12H,3-4,6-7,9H2,1H3. The number of aryl methyl sites for hydroxylation is 1. The van der Waals surface area contributed by atoms with E-state index < -0.39 is 0 Å². The minimum atomic E-state index is 0.355. The van der Waals surface area contributed by atoms with Crippen molar-refractivity contribution in [2.75, 3.05) is 13.0 Å². The second-order valence-electron chi connectivity index (χ2n) is 5.29. The summed E-state index contributed by atoms with van der Waals surface area (Å²) in [7, 11) is 1.79. The molecule has 0 spiro atoms. The van der Waals surface area contributed by atoms with E-state index >= 15 is 0 Å². The number of aromatic nitrogens is 2. The quantitative estimate of drug-likeness (QED) is 0.791. The van der Waals surface area contributed by atoms with Crippen molar-refractivity contribution < 1.29 is 4.74 Å². The Hall–Kier alpha value is -0.770. The summed E-state index contributed by atoms with van der Waals surface area (Å²) >= 11 is 12.0. The van der Waals surface area contributed by atoms with Crippen LogP contribution in [0.4, 0.5) is 0 Å². The van der Waals surface area contributed by atoms with E-state index in [4.69, 9.17) is 32.9 Å². The van der Waals surface area contributed by atoms with Gasteiger partial charge in [-0.1, -0.05) is 11.6 Å². The highest BCUT2D eigenvalue weighted by atomic mass is 35.5. The summed E-state index contributed by atoms with van der Waals surface area (Å²) in [5.74, 6) is 1.64. The summed E-state index contributed by atoms with van der Waals surface area (Å²) in [6, 6.07) is 6.36. The molecule has 0 saturated heterocycles. The average Bonchev–Trinajstić information content (AvgIpc) is 3.02. The molecule has 1 heterocycles. The third-order valence-corrected chi connectivity index (χ3v) is 4.52. The van der Waals surface area contributed by atoms with Crippen LogP contribution in [0.5, 0.6) is 0 Å². The first-order valence-electron chi connectivity index (χ1n) is 6.98. The topological polar surface area (TPSA) is 27.1 Å². The molecule has 0 radical (unpaired) electrons. The van der Waals surface area contributed by atoms with Gasteiger partial charge in [-0.3, -0.25) is 0 Å². The molecule has 3 nitrogen and oxygen atoms in total. The number of hydrogen-bond acceptors (Lipinski definition) is 2. The second-order valence-corrected chi connectivity index (χ2v) is 6.11. The Kier molecular flexibility index (Phi) is 4.20. The Bertz CT molecular complexity index is 611. The molecule has 2 atom stereocenters. The molecule has 108 valence electrons. The summed E-state index contributed by atoms with van der Waals surface area (Å²) in [5, 5.41) is 0.723. The minimum absolute atomic E-state index is 0.355. The molecule has 3 rings (SSSR count). The molecule has 1 saturated carbocycles. The van der Waals surface area contributed by atoms with Gasteiger partial charge in [0.1, 0.15) is 5.82 Å². The molecular formula is C15H18Cl2N2O. The predicted molar refractivity (Wildman–Crippen MR) is 82.9 cm³/mol. The number of fused-ring (bicyclic) bond motifs is 1. The Morgan fingerprint density at radius 3 is 2.95 bits per heavy atom. The SMILES string of the molecule is COC1CCC(n2c(CCCl)nc3cc(Cl)ccc32)C1. The van der Waals surface area contributed by atoms with Crippen molar-refractivity contribution in [1.29, 1.82) is 0 Å². The van der Waals surface area contributed by atoms with Crippen molar-refractivity contribution in [2.45, 2.75) is 37.8 Å². The van der Waals surface area contributed by atoms with Crippen molar-refractivity contribution in [1.82, 2.24) is 9.55 Å². The van der Waals surface area contributed by atoms with Crippen LogP contribution in [0.3, 0.4) is 0 Å². The van der Waals surface area contributed by atoms with Crippen molar-refractivity contribution in [3.63, 3.8) is 0 Å². The van der Waals surface area contributed by atoms with Crippen LogP contribution in [0.1, 0.15) is 31.1 Å². The molecule has 2 unspecified atom stereocenters. The molecule has 5 heteroatoms. The first-order valence-corrected chi connectivity index (χ1v) is 7.89. The van der Waals surface area contributed by atoms with Gasteiger partial charge in [0.25, 0.3) is 0 Å². The number of methoxy groups -OCH3 is 1. The number of nitrogens with zero attached hydrogens (tertiary/aromatic N) is 2. The monoisotopic (exact) mass is 312 g/mol. The fourth-order valence-electron chi connectivity index (χ4n) is 3.16. The van der Waals surface area contributed by atoms with Crippen LogP contribution in [0, 0.1) is 0 Å². The third kappa shape index (κ3) is 2.54. The number of benzene rings is 1. The van der Waals surface area contributed by atoms with Gasteiger partial charge < -0.3 is 9.30 Å². The van der Waals surface area contributed by atoms with Gasteiger partial charge in [0.15, 0.2) is 0 Å². The van der Waals surface area contributed by atoms with Gasteiger partial charge in [0.05, 0.1) is 17.1 Å². The van der Waals surface area contributed by atoms with E-state index in [1.165, 1.54) is 0 Å². The molecule has 0 amide bonds. The maximum absolute atomic E-state index is 6.07. The van der Waals surface area contributed by atoms with Gasteiger partial charge in [0, 0.05) is 30.5 Å². The maximum Gasteiger partial charge on any atom is 0.111 e. The lowest BCUT2D eigenvalue weighted by Gasteiger charge is -2.16. The molecule has 20 heavy (non-hydrogen) atoms. The van der Waals surface area contributed by atoms with Gasteiger partial charge in [-0.05, 0) is 37.5 Å². The zero-order valence-corrected chi connectivity index (χ0v) is 13.0. The highest BCUT2D eigenvalue weighted by molar-refractivity contribution is 6.31. The number of rotatable bonds is 4. The molecule has 1 aliphatic carbocycles. The van der Waals surface area contributed by atoms with E-state index in [0.717, 1.165) is 47.6 Å². The zero-order valence-electron chi connectivity index (χ0n) is 11.5. The predicted octanol–water partition coefficient (Wildman–Crippen LogP) is 4.21. The zero-order chi connectivity index (χ0) is 14.1. The van der Waals surface area contributed by atoms with Crippen LogP contribution >= 0.6 is 23.2 Å². The van der Waals surface area contributed by atoms with Gasteiger partial charge >= 0.3 is 0 Å². The lowest BCUT2D eigenvalue weighted by atomic mass is 10.2. The molecule has 0 aliphatic heterocycles. The number of hydrogen-bond donors (Lipinski definition) is 0. The van der Waals surface area contributed by atoms with Gasteiger partial charge in [-0.15, -0.1) is 11.6 Å². The molecular weight excluding hydrogens is 295 g/mol. The van der Waals surface area contributed by atoms with E-state index in [-0.39, 0.29) is 0 Å². The van der Waals surface area contributed by atoms with Crippen LogP contribution in [0.25, 0.3) is 11.0 Å². The van der Waals surface area contributed by atoms with Crippen molar-refractivity contribution in [2.24, 2.45) is 0 Å². The maximum atomic E-state index is 6.07. The van der Waals surface area contributed by atoms with Crippen LogP contribution < -0.4 is 0 Å². The number of alkyl halides is 1. The summed E-state index contributed by atoms with van der Waals surface area (Å²) in [4.78, 5) is 4.71. The van der Waals surface area contributed by atoms with E-state index in [1.807, 2.05) is 12.1 Å². The van der Waals surface area contributed by atoms with Gasteiger partial charge in [-0.25, -0.2) is 4.98 Å². The van der Waals surface area contributed by atoms with Gasteiger partial charge in [-0.2, -0.15) is 0 Å². The van der Waals surface area contributed by atoms with E-state index in [9.17, 15) is 0 Å². The summed E-state index contributed by atoms with van der Waals surface area (Å²) in [5.41, 5.74) is 2.11. The Morgan fingerprint density at radius 2 is 2.25 bits per heavy atom. The van der Waals surface area contributed by atoms with Crippen LogP contribution in [0.2, 0.25) is 5.02 Å². The fraction of sp³-hybridized carbons (Fsp3) is 0.533. The van der Waals surface area contributed by atoms with Crippen LogP contribution in [-0.2, 0) is 11.2 Å². The largest absolute Gasteiger partial charge is 0.381 e. The second kappa shape index (κ2) is 5.92. The highest BCUT2D eigenvalue weighted by Gasteiger charge is 2.28. The Labute approximate surface area is 128 Å². The number of ether oxygens (including phenoxy) is 1. The molecule has 1 aromatic heterocycles. The fourth-order valence-corrected chi connectivity index (χ4v) is 3.49. The van der Waals surface area contributed by atoms with Crippen LogP contribution in [-0.4, -0.2) is 28.6 Å². The van der Waals surface area contributed by atoms with E-state index in [0.29, 0.717) is 18.0 Å². The Morgan fingerprint density at radius 1 is 1.40 bits per heavy atom. The molecule has 1 fully saturated rings. The molecule has 1 aromatic carbocycles. The molecule has 2 aromatic rings. The highest BCUT2D eigenvalue weighted by Crippen LogP contribution is 2.35. The summed E-state index contributed by atoms with van der Waals surface area (Å²) in [6.45, 7) is 0. The Balaban J connectivity index is 2.05. The lowest BCUT2D eigenvalue weighted by molar-refractivity contribution is 0.106. The third-order valence-electron chi connectivity index (χ3n) is 4.10. The first-order chi connectivity index (χ1) is 9.72. The van der Waals surface area contributed by atoms with E-state index in [2.05, 4.69) is 10.6 Å². The molecule has 0 N–H and O–H groups in total. The average molecular weight is 313 g/mol. The van der Waals surface area contributed by atoms with Gasteiger partial charge in [0.2, 0.25) is 0 Å². The van der Waals surface area contributed by atoms with Crippen molar-refractivity contribution in [3.8, 4) is 0 Å². The van der Waals surface area contributed by atoms with E-state index in [1.54, 1.807) is 7.11 Å². The first kappa shape index (κ1) is 14.2. The summed E-state index contributed by atoms with van der Waals surface area (Å²) < 4.78 is 7.83. The molecule has 1 aliphatic rings. The lowest BCUT2D eigenvalue weighted by Crippen LogP contribution is -2.12. The smallest absolute Gasteiger partial charge is 0.111 e. The summed E-state index contributed by atoms with van der Waals surface area (Å²) in [6.07, 6.45) is 4.41. The van der Waals surface area contributed by atoms with Crippen LogP contribution in [0.15, 0.2) is 18.2 Å². The number of halogens is 2. The number of imidazole rings is 1. The van der Waals surface area contributed by atoms with Crippen molar-refractivity contribution >= 4 is 34.2 Å². The minimum Gasteiger partial charge on any atom is -0.381 e. The molecule has 0 bridgehead atoms. The normalized spacial score (nSPS) is 22.8.